The second-order valence-corrected chi connectivity index (χ2v) is 11.4. The molecule has 1 aliphatic carbocycles. The van der Waals surface area contributed by atoms with Gasteiger partial charge in [-0.05, 0) is 86.7 Å². The number of aryl methyl sites for hydroxylation is 1. The van der Waals surface area contributed by atoms with Crippen LogP contribution in [0.2, 0.25) is 0 Å². The number of esters is 1. The molecule has 36 heavy (non-hydrogen) atoms. The van der Waals surface area contributed by atoms with Crippen molar-refractivity contribution in [3.63, 3.8) is 0 Å². The molecule has 4 rings (SSSR count). The summed E-state index contributed by atoms with van der Waals surface area (Å²) in [5.74, 6) is -0.246. The van der Waals surface area contributed by atoms with E-state index in [1.165, 1.54) is 37.6 Å². The highest BCUT2D eigenvalue weighted by atomic mass is 32.2. The molecule has 0 saturated heterocycles. The summed E-state index contributed by atoms with van der Waals surface area (Å²) in [5, 5.41) is 3.37. The van der Waals surface area contributed by atoms with E-state index in [9.17, 15) is 18.0 Å². The van der Waals surface area contributed by atoms with Crippen LogP contribution in [0, 0.1) is 0 Å². The Hall–Kier alpha value is -3.37. The molecule has 1 amide bonds. The van der Waals surface area contributed by atoms with E-state index >= 15 is 0 Å². The summed E-state index contributed by atoms with van der Waals surface area (Å²) in [7, 11) is -0.827. The molecular weight excluding hydrogens is 500 g/mol. The van der Waals surface area contributed by atoms with Crippen LogP contribution in [-0.4, -0.2) is 41.1 Å². The van der Waals surface area contributed by atoms with Crippen LogP contribution in [-0.2, 0) is 27.6 Å². The minimum atomic E-state index is -3.79. The summed E-state index contributed by atoms with van der Waals surface area (Å²) < 4.78 is 37.5. The van der Waals surface area contributed by atoms with Crippen molar-refractivity contribution >= 4 is 43.9 Å². The lowest BCUT2D eigenvalue weighted by Crippen LogP contribution is -2.26. The van der Waals surface area contributed by atoms with Crippen LogP contribution in [0.3, 0.4) is 0 Å². The number of thiophene rings is 1. The van der Waals surface area contributed by atoms with E-state index in [4.69, 9.17) is 9.47 Å². The van der Waals surface area contributed by atoms with Gasteiger partial charge in [0.05, 0.1) is 29.9 Å². The molecule has 1 heterocycles. The lowest BCUT2D eigenvalue weighted by Gasteiger charge is -2.20. The van der Waals surface area contributed by atoms with Crippen molar-refractivity contribution in [1.82, 2.24) is 0 Å². The number of carbonyl (C=O) groups is 2. The van der Waals surface area contributed by atoms with E-state index in [0.29, 0.717) is 27.6 Å². The Morgan fingerprint density at radius 2 is 1.69 bits per heavy atom. The maximum atomic E-state index is 13.0. The molecule has 1 aliphatic rings. The number of hydrogen-bond donors (Lipinski definition) is 1. The number of nitrogens with one attached hydrogen (secondary N) is 1. The molecule has 0 saturated carbocycles. The average Bonchev–Trinajstić information content (AvgIpc) is 3.26. The van der Waals surface area contributed by atoms with Gasteiger partial charge in [-0.3, -0.25) is 9.10 Å². The summed E-state index contributed by atoms with van der Waals surface area (Å²) in [6, 6.07) is 12.4. The van der Waals surface area contributed by atoms with Gasteiger partial charge < -0.3 is 14.8 Å². The molecule has 190 valence electrons. The number of carbonyl (C=O) groups excluding carboxylic acids is 2. The number of benzene rings is 2. The summed E-state index contributed by atoms with van der Waals surface area (Å²) >= 11 is 1.42. The highest BCUT2D eigenvalue weighted by molar-refractivity contribution is 7.92. The van der Waals surface area contributed by atoms with Crippen molar-refractivity contribution < 1.29 is 27.5 Å². The third kappa shape index (κ3) is 5.10. The molecule has 0 unspecified atom stereocenters. The fourth-order valence-corrected chi connectivity index (χ4v) is 6.58. The van der Waals surface area contributed by atoms with Gasteiger partial charge in [0.1, 0.15) is 10.8 Å². The summed E-state index contributed by atoms with van der Waals surface area (Å²) in [6.45, 7) is 2.01. The average molecular weight is 529 g/mol. The largest absolute Gasteiger partial charge is 0.497 e. The van der Waals surface area contributed by atoms with Crippen LogP contribution in [0.4, 0.5) is 10.7 Å². The molecule has 0 spiro atoms. The van der Waals surface area contributed by atoms with Crippen molar-refractivity contribution in [2.75, 3.05) is 30.4 Å². The molecule has 1 N–H and O–H groups in total. The molecule has 0 fully saturated rings. The minimum absolute atomic E-state index is 0.126. The van der Waals surface area contributed by atoms with Gasteiger partial charge in [-0.1, -0.05) is 0 Å². The topological polar surface area (TPSA) is 102 Å². The number of sulfonamides is 1. The summed E-state index contributed by atoms with van der Waals surface area (Å²) in [5.41, 5.74) is 2.17. The fourth-order valence-electron chi connectivity index (χ4n) is 4.12. The van der Waals surface area contributed by atoms with E-state index in [1.807, 2.05) is 0 Å². The first kappa shape index (κ1) is 25.7. The minimum Gasteiger partial charge on any atom is -0.497 e. The number of nitrogens with zero attached hydrogens (tertiary/aromatic N) is 1. The number of anilines is 2. The lowest BCUT2D eigenvalue weighted by molar-refractivity contribution is 0.0526. The Kier molecular flexibility index (Phi) is 7.65. The van der Waals surface area contributed by atoms with Crippen LogP contribution in [0.25, 0.3) is 0 Å². The van der Waals surface area contributed by atoms with Gasteiger partial charge in [0.2, 0.25) is 0 Å². The molecule has 8 nitrogen and oxygen atoms in total. The fraction of sp³-hybridized carbons (Fsp3) is 0.308. The number of methoxy groups -OCH3 is 1. The molecule has 0 radical (unpaired) electrons. The molecule has 10 heteroatoms. The van der Waals surface area contributed by atoms with Gasteiger partial charge in [-0.15, -0.1) is 11.3 Å². The van der Waals surface area contributed by atoms with Crippen molar-refractivity contribution in [3.05, 3.63) is 70.1 Å². The van der Waals surface area contributed by atoms with E-state index < -0.39 is 16.0 Å². The highest BCUT2D eigenvalue weighted by Crippen LogP contribution is 2.39. The smallest absolute Gasteiger partial charge is 0.341 e. The van der Waals surface area contributed by atoms with Gasteiger partial charge >= 0.3 is 5.97 Å². The number of hydrogen-bond acceptors (Lipinski definition) is 7. The highest BCUT2D eigenvalue weighted by Gasteiger charge is 2.28. The van der Waals surface area contributed by atoms with Crippen LogP contribution < -0.4 is 14.4 Å². The number of amides is 1. The maximum absolute atomic E-state index is 13.0. The number of fused-ring (bicyclic) bond motifs is 1. The van der Waals surface area contributed by atoms with Crippen molar-refractivity contribution in [2.24, 2.45) is 0 Å². The first-order chi connectivity index (χ1) is 17.3. The van der Waals surface area contributed by atoms with Gasteiger partial charge in [0.15, 0.2) is 0 Å². The van der Waals surface area contributed by atoms with Crippen molar-refractivity contribution in [1.29, 1.82) is 0 Å². The Labute approximate surface area is 214 Å². The van der Waals surface area contributed by atoms with E-state index in [-0.39, 0.29) is 17.4 Å². The number of rotatable bonds is 8. The van der Waals surface area contributed by atoms with Crippen LogP contribution in [0.5, 0.6) is 5.75 Å². The molecule has 0 atom stereocenters. The molecule has 2 aromatic carbocycles. The Bertz CT molecular complexity index is 1360. The second-order valence-electron chi connectivity index (χ2n) is 8.28. The molecule has 0 aliphatic heterocycles. The summed E-state index contributed by atoms with van der Waals surface area (Å²) in [6.07, 6.45) is 3.72. The quantitative estimate of drug-likeness (QED) is 0.418. The van der Waals surface area contributed by atoms with Crippen LogP contribution in [0.15, 0.2) is 53.4 Å². The Balaban J connectivity index is 1.53. The van der Waals surface area contributed by atoms with Crippen molar-refractivity contribution in [3.8, 4) is 5.75 Å². The van der Waals surface area contributed by atoms with Crippen molar-refractivity contribution in [2.45, 2.75) is 37.5 Å². The zero-order valence-electron chi connectivity index (χ0n) is 20.4. The predicted octanol–water partition coefficient (Wildman–Crippen LogP) is 4.89. The molecule has 3 aromatic rings. The zero-order chi connectivity index (χ0) is 25.9. The molecule has 1 aromatic heterocycles. The van der Waals surface area contributed by atoms with Gasteiger partial charge in [0.25, 0.3) is 15.9 Å². The molecule has 0 bridgehead atoms. The predicted molar refractivity (Wildman–Crippen MR) is 140 cm³/mol. The standard InChI is InChI=1S/C26H28N2O6S2/c1-4-34-26(30)23-21-7-5-6-8-22(21)35-25(23)27-24(29)17-9-11-18(12-10-17)28(2)36(31,32)20-15-13-19(33-3)14-16-20/h9-16H,4-8H2,1-3H3,(H,27,29). The Morgan fingerprint density at radius 1 is 1.03 bits per heavy atom. The SMILES string of the molecule is CCOC(=O)c1c(NC(=O)c2ccc(N(C)S(=O)(=O)c3ccc(OC)cc3)cc2)sc2c1CCCC2. The maximum Gasteiger partial charge on any atom is 0.341 e. The van der Waals surface area contributed by atoms with Gasteiger partial charge in [-0.25, -0.2) is 13.2 Å². The van der Waals surface area contributed by atoms with Gasteiger partial charge in [-0.2, -0.15) is 0 Å². The summed E-state index contributed by atoms with van der Waals surface area (Å²) in [4.78, 5) is 26.9. The monoisotopic (exact) mass is 528 g/mol. The van der Waals surface area contributed by atoms with Crippen LogP contribution in [0.1, 0.15) is 50.9 Å². The lowest BCUT2D eigenvalue weighted by atomic mass is 9.95. The van der Waals surface area contributed by atoms with Crippen LogP contribution >= 0.6 is 11.3 Å². The second kappa shape index (κ2) is 10.7. The third-order valence-electron chi connectivity index (χ3n) is 6.09. The zero-order valence-corrected chi connectivity index (χ0v) is 22.0. The normalized spacial score (nSPS) is 13.0. The van der Waals surface area contributed by atoms with E-state index in [1.54, 1.807) is 43.3 Å². The first-order valence-corrected chi connectivity index (χ1v) is 13.9. The van der Waals surface area contributed by atoms with E-state index in [0.717, 1.165) is 40.4 Å². The molecular formula is C26H28N2O6S2. The number of ether oxygens (including phenoxy) is 2. The Morgan fingerprint density at radius 3 is 2.33 bits per heavy atom. The first-order valence-electron chi connectivity index (χ1n) is 11.6. The third-order valence-corrected chi connectivity index (χ3v) is 9.10. The van der Waals surface area contributed by atoms with E-state index in [2.05, 4.69) is 5.32 Å². The van der Waals surface area contributed by atoms with Gasteiger partial charge in [0, 0.05) is 17.5 Å².